The van der Waals surface area contributed by atoms with E-state index in [0.717, 1.165) is 0 Å². The standard InChI is InChI=1S/C17H19FN4O3/c1-20-8-9-21(10-12(20)11-23)17(25)16-15(24)6-7-22(19-16)14-5-3-2-4-13(14)18/h2-7,12,23H,8-11H2,1H3. The second kappa shape index (κ2) is 7.12. The first kappa shape index (κ1) is 17.2. The number of piperazine rings is 1. The molecule has 2 heterocycles. The van der Waals surface area contributed by atoms with Gasteiger partial charge < -0.3 is 10.0 Å². The average Bonchev–Trinajstić information content (AvgIpc) is 2.62. The summed E-state index contributed by atoms with van der Waals surface area (Å²) in [6.07, 6.45) is 1.33. The fourth-order valence-corrected chi connectivity index (χ4v) is 2.80. The Morgan fingerprint density at radius 1 is 1.32 bits per heavy atom. The lowest BCUT2D eigenvalue weighted by Gasteiger charge is -2.38. The van der Waals surface area contributed by atoms with Crippen LogP contribution in [0.15, 0.2) is 41.3 Å². The summed E-state index contributed by atoms with van der Waals surface area (Å²) in [5.41, 5.74) is -0.618. The van der Waals surface area contributed by atoms with Gasteiger partial charge in [-0.1, -0.05) is 12.1 Å². The summed E-state index contributed by atoms with van der Waals surface area (Å²) >= 11 is 0. The molecule has 25 heavy (non-hydrogen) atoms. The maximum Gasteiger partial charge on any atom is 0.278 e. The van der Waals surface area contributed by atoms with E-state index in [1.165, 1.54) is 34.0 Å². The first-order chi connectivity index (χ1) is 12.0. The Balaban J connectivity index is 1.92. The number of benzene rings is 1. The summed E-state index contributed by atoms with van der Waals surface area (Å²) in [7, 11) is 1.87. The van der Waals surface area contributed by atoms with Crippen LogP contribution in [0, 0.1) is 5.82 Å². The third kappa shape index (κ3) is 3.45. The molecule has 1 amide bonds. The Morgan fingerprint density at radius 2 is 2.08 bits per heavy atom. The highest BCUT2D eigenvalue weighted by Gasteiger charge is 2.29. The molecule has 8 heteroatoms. The number of para-hydroxylation sites is 1. The predicted octanol–water partition coefficient (Wildman–Crippen LogP) is 0.120. The quantitative estimate of drug-likeness (QED) is 0.854. The summed E-state index contributed by atoms with van der Waals surface area (Å²) in [5, 5.41) is 13.5. The van der Waals surface area contributed by atoms with Crippen molar-refractivity contribution in [3.05, 3.63) is 58.3 Å². The van der Waals surface area contributed by atoms with Gasteiger partial charge in [0.2, 0.25) is 5.43 Å². The molecule has 1 fully saturated rings. The van der Waals surface area contributed by atoms with E-state index in [4.69, 9.17) is 0 Å². The Hall–Kier alpha value is -2.58. The number of nitrogens with zero attached hydrogens (tertiary/aromatic N) is 4. The summed E-state index contributed by atoms with van der Waals surface area (Å²) < 4.78 is 15.1. The minimum atomic E-state index is -0.517. The van der Waals surface area contributed by atoms with Gasteiger partial charge in [0.15, 0.2) is 5.69 Å². The molecule has 1 unspecified atom stereocenters. The molecule has 3 rings (SSSR count). The smallest absolute Gasteiger partial charge is 0.278 e. The molecule has 0 saturated carbocycles. The molecular weight excluding hydrogens is 327 g/mol. The van der Waals surface area contributed by atoms with Crippen molar-refractivity contribution >= 4 is 5.91 Å². The van der Waals surface area contributed by atoms with Crippen molar-refractivity contribution in [2.75, 3.05) is 33.3 Å². The molecule has 1 aliphatic heterocycles. The molecule has 7 nitrogen and oxygen atoms in total. The zero-order valence-electron chi connectivity index (χ0n) is 13.8. The van der Waals surface area contributed by atoms with E-state index in [-0.39, 0.29) is 24.0 Å². The van der Waals surface area contributed by atoms with Gasteiger partial charge in [-0.25, -0.2) is 9.07 Å². The SMILES string of the molecule is CN1CCN(C(=O)c2nn(-c3ccccc3F)ccc2=O)CC1CO. The van der Waals surface area contributed by atoms with Gasteiger partial charge in [-0.2, -0.15) is 5.10 Å². The number of amides is 1. The largest absolute Gasteiger partial charge is 0.395 e. The van der Waals surface area contributed by atoms with Gasteiger partial charge >= 0.3 is 0 Å². The zero-order valence-corrected chi connectivity index (χ0v) is 13.8. The summed E-state index contributed by atoms with van der Waals surface area (Å²) in [4.78, 5) is 28.3. The molecule has 1 atom stereocenters. The molecule has 1 saturated heterocycles. The fourth-order valence-electron chi connectivity index (χ4n) is 2.80. The van der Waals surface area contributed by atoms with E-state index in [1.807, 2.05) is 11.9 Å². The monoisotopic (exact) mass is 346 g/mol. The lowest BCUT2D eigenvalue weighted by atomic mass is 10.1. The lowest BCUT2D eigenvalue weighted by Crippen LogP contribution is -2.55. The average molecular weight is 346 g/mol. The van der Waals surface area contributed by atoms with E-state index in [2.05, 4.69) is 5.10 Å². The van der Waals surface area contributed by atoms with Crippen molar-refractivity contribution in [3.63, 3.8) is 0 Å². The van der Waals surface area contributed by atoms with E-state index in [1.54, 1.807) is 12.1 Å². The molecule has 1 aliphatic rings. The van der Waals surface area contributed by atoms with Crippen LogP contribution in [-0.2, 0) is 0 Å². The van der Waals surface area contributed by atoms with Crippen molar-refractivity contribution in [2.24, 2.45) is 0 Å². The Morgan fingerprint density at radius 3 is 2.80 bits per heavy atom. The number of aromatic nitrogens is 2. The third-order valence-corrected chi connectivity index (χ3v) is 4.39. The molecule has 132 valence electrons. The van der Waals surface area contributed by atoms with Gasteiger partial charge in [-0.3, -0.25) is 14.5 Å². The Bertz CT molecular complexity index is 839. The van der Waals surface area contributed by atoms with Crippen LogP contribution in [0.25, 0.3) is 5.69 Å². The number of aliphatic hydroxyl groups excluding tert-OH is 1. The minimum Gasteiger partial charge on any atom is -0.395 e. The topological polar surface area (TPSA) is 78.7 Å². The van der Waals surface area contributed by atoms with Gasteiger partial charge in [0.05, 0.1) is 12.6 Å². The number of aliphatic hydroxyl groups is 1. The number of likely N-dealkylation sites (N-methyl/N-ethyl adjacent to an activating group) is 1. The molecule has 1 aromatic carbocycles. The first-order valence-electron chi connectivity index (χ1n) is 7.96. The minimum absolute atomic E-state index is 0.0814. The molecule has 1 N–H and O–H groups in total. The van der Waals surface area contributed by atoms with Crippen LogP contribution in [0.2, 0.25) is 0 Å². The van der Waals surface area contributed by atoms with Gasteiger partial charge in [-0.05, 0) is 19.2 Å². The van der Waals surface area contributed by atoms with Crippen LogP contribution in [0.4, 0.5) is 4.39 Å². The highest BCUT2D eigenvalue weighted by atomic mass is 19.1. The first-order valence-corrected chi connectivity index (χ1v) is 7.96. The number of rotatable bonds is 3. The van der Waals surface area contributed by atoms with Crippen LogP contribution in [0.5, 0.6) is 0 Å². The van der Waals surface area contributed by atoms with Crippen molar-refractivity contribution in [2.45, 2.75) is 6.04 Å². The highest BCUT2D eigenvalue weighted by Crippen LogP contribution is 2.12. The highest BCUT2D eigenvalue weighted by molar-refractivity contribution is 5.92. The van der Waals surface area contributed by atoms with Crippen molar-refractivity contribution in [1.29, 1.82) is 0 Å². The van der Waals surface area contributed by atoms with Crippen LogP contribution >= 0.6 is 0 Å². The maximum absolute atomic E-state index is 13.9. The number of carbonyl (C=O) groups is 1. The number of hydrogen-bond donors (Lipinski definition) is 1. The summed E-state index contributed by atoms with van der Waals surface area (Å²) in [6.45, 7) is 1.25. The van der Waals surface area contributed by atoms with Gasteiger partial charge in [0.1, 0.15) is 11.5 Å². The zero-order chi connectivity index (χ0) is 18.0. The van der Waals surface area contributed by atoms with Gasteiger partial charge in [-0.15, -0.1) is 0 Å². The Kier molecular flexibility index (Phi) is 4.91. The van der Waals surface area contributed by atoms with E-state index in [0.29, 0.717) is 19.6 Å². The van der Waals surface area contributed by atoms with E-state index in [9.17, 15) is 19.1 Å². The van der Waals surface area contributed by atoms with Gasteiger partial charge in [0.25, 0.3) is 5.91 Å². The Labute approximate surface area is 143 Å². The summed E-state index contributed by atoms with van der Waals surface area (Å²) in [6, 6.07) is 7.00. The second-order valence-corrected chi connectivity index (χ2v) is 5.99. The number of hydrogen-bond acceptors (Lipinski definition) is 5. The molecule has 0 radical (unpaired) electrons. The van der Waals surface area contributed by atoms with E-state index >= 15 is 0 Å². The fraction of sp³-hybridized carbons (Fsp3) is 0.353. The molecule has 2 aromatic rings. The van der Waals surface area contributed by atoms with Crippen molar-refractivity contribution in [1.82, 2.24) is 19.6 Å². The maximum atomic E-state index is 13.9. The molecule has 0 bridgehead atoms. The van der Waals surface area contributed by atoms with Crippen LogP contribution < -0.4 is 5.43 Å². The molecular formula is C17H19FN4O3. The van der Waals surface area contributed by atoms with Crippen molar-refractivity contribution in [3.8, 4) is 5.69 Å². The van der Waals surface area contributed by atoms with Crippen LogP contribution in [0.1, 0.15) is 10.5 Å². The lowest BCUT2D eigenvalue weighted by molar-refractivity contribution is 0.0414. The molecule has 0 aliphatic carbocycles. The third-order valence-electron chi connectivity index (χ3n) is 4.39. The summed E-state index contributed by atoms with van der Waals surface area (Å²) in [5.74, 6) is -1.01. The molecule has 1 aromatic heterocycles. The van der Waals surface area contributed by atoms with E-state index < -0.39 is 17.2 Å². The normalized spacial score (nSPS) is 18.4. The number of carbonyl (C=O) groups excluding carboxylic acids is 1. The molecule has 0 spiro atoms. The van der Waals surface area contributed by atoms with Gasteiger partial charge in [0, 0.05) is 31.9 Å². The van der Waals surface area contributed by atoms with Crippen LogP contribution in [-0.4, -0.2) is 69.9 Å². The predicted molar refractivity (Wildman–Crippen MR) is 89.2 cm³/mol. The number of halogens is 1. The van der Waals surface area contributed by atoms with Crippen LogP contribution in [0.3, 0.4) is 0 Å². The second-order valence-electron chi connectivity index (χ2n) is 5.99. The van der Waals surface area contributed by atoms with Crippen molar-refractivity contribution < 1.29 is 14.3 Å².